The second kappa shape index (κ2) is 5.70. The number of carbonyl (C=O) groups is 1. The molecular weight excluding hydrogens is 276 g/mol. The molecule has 0 bridgehead atoms. The molecule has 0 aliphatic carbocycles. The number of hydrogen-bond donors (Lipinski definition) is 1. The van der Waals surface area contributed by atoms with E-state index in [1.54, 1.807) is 24.3 Å². The van der Waals surface area contributed by atoms with Gasteiger partial charge in [0.1, 0.15) is 5.82 Å². The second-order valence-corrected chi connectivity index (χ2v) is 4.95. The van der Waals surface area contributed by atoms with E-state index < -0.39 is 0 Å². The number of rotatable bonds is 3. The number of benzene rings is 2. The van der Waals surface area contributed by atoms with E-state index in [1.165, 1.54) is 0 Å². The Morgan fingerprint density at radius 3 is 2.86 bits per heavy atom. The predicted octanol–water partition coefficient (Wildman–Crippen LogP) is 2.37. The van der Waals surface area contributed by atoms with Crippen LogP contribution < -0.4 is 5.32 Å². The van der Waals surface area contributed by atoms with Gasteiger partial charge in [0, 0.05) is 12.6 Å². The first kappa shape index (κ1) is 13.8. The highest BCUT2D eigenvalue weighted by atomic mass is 16.1. The van der Waals surface area contributed by atoms with E-state index >= 15 is 0 Å². The summed E-state index contributed by atoms with van der Waals surface area (Å²) in [6.45, 7) is 0.334. The monoisotopic (exact) mass is 290 g/mol. The summed E-state index contributed by atoms with van der Waals surface area (Å²) in [4.78, 5) is 16.7. The van der Waals surface area contributed by atoms with Crippen molar-refractivity contribution in [3.63, 3.8) is 0 Å². The molecule has 0 fully saturated rings. The number of nitrogens with zero attached hydrogens (tertiary/aromatic N) is 3. The molecule has 0 spiro atoms. The smallest absolute Gasteiger partial charge is 0.251 e. The van der Waals surface area contributed by atoms with Gasteiger partial charge in [0.25, 0.3) is 5.91 Å². The summed E-state index contributed by atoms with van der Waals surface area (Å²) in [6.07, 6.45) is 0. The number of fused-ring (bicyclic) bond motifs is 1. The Morgan fingerprint density at radius 1 is 1.27 bits per heavy atom. The van der Waals surface area contributed by atoms with E-state index in [0.29, 0.717) is 17.7 Å². The van der Waals surface area contributed by atoms with Gasteiger partial charge < -0.3 is 9.88 Å². The van der Waals surface area contributed by atoms with Crippen molar-refractivity contribution in [3.05, 3.63) is 65.5 Å². The number of nitrogens with one attached hydrogen (secondary N) is 1. The summed E-state index contributed by atoms with van der Waals surface area (Å²) in [5, 5.41) is 11.7. The molecule has 108 valence electrons. The van der Waals surface area contributed by atoms with Crippen molar-refractivity contribution in [1.29, 1.82) is 5.26 Å². The van der Waals surface area contributed by atoms with Gasteiger partial charge in [-0.2, -0.15) is 5.26 Å². The highest BCUT2D eigenvalue weighted by Crippen LogP contribution is 2.14. The Labute approximate surface area is 127 Å². The summed E-state index contributed by atoms with van der Waals surface area (Å²) in [6, 6.07) is 16.5. The third-order valence-corrected chi connectivity index (χ3v) is 3.54. The quantitative estimate of drug-likeness (QED) is 0.805. The average Bonchev–Trinajstić information content (AvgIpc) is 2.89. The van der Waals surface area contributed by atoms with Crippen LogP contribution in [0.1, 0.15) is 21.7 Å². The zero-order valence-corrected chi connectivity index (χ0v) is 12.1. The van der Waals surface area contributed by atoms with Gasteiger partial charge in [0.2, 0.25) is 0 Å². The number of aryl methyl sites for hydroxylation is 1. The Kier molecular flexibility index (Phi) is 3.58. The average molecular weight is 290 g/mol. The molecule has 22 heavy (non-hydrogen) atoms. The third kappa shape index (κ3) is 2.54. The maximum atomic E-state index is 12.2. The molecule has 0 saturated carbocycles. The number of nitriles is 1. The van der Waals surface area contributed by atoms with Gasteiger partial charge in [-0.3, -0.25) is 4.79 Å². The fourth-order valence-electron chi connectivity index (χ4n) is 2.34. The van der Waals surface area contributed by atoms with Crippen molar-refractivity contribution in [3.8, 4) is 6.07 Å². The summed E-state index contributed by atoms with van der Waals surface area (Å²) in [7, 11) is 1.92. The minimum atomic E-state index is -0.218. The van der Waals surface area contributed by atoms with Crippen molar-refractivity contribution in [1.82, 2.24) is 14.9 Å². The molecule has 0 aliphatic heterocycles. The lowest BCUT2D eigenvalue weighted by atomic mass is 10.1. The van der Waals surface area contributed by atoms with Crippen LogP contribution in [0.15, 0.2) is 48.5 Å². The minimum Gasteiger partial charge on any atom is -0.345 e. The van der Waals surface area contributed by atoms with Crippen LogP contribution in [0.2, 0.25) is 0 Å². The van der Waals surface area contributed by atoms with Crippen molar-refractivity contribution < 1.29 is 4.79 Å². The van der Waals surface area contributed by atoms with E-state index in [9.17, 15) is 4.79 Å². The van der Waals surface area contributed by atoms with Gasteiger partial charge in [0.05, 0.1) is 29.2 Å². The number of amides is 1. The maximum Gasteiger partial charge on any atom is 0.251 e. The van der Waals surface area contributed by atoms with Gasteiger partial charge in [-0.05, 0) is 30.3 Å². The van der Waals surface area contributed by atoms with Crippen LogP contribution in [0.4, 0.5) is 0 Å². The Balaban J connectivity index is 1.77. The zero-order chi connectivity index (χ0) is 15.5. The highest BCUT2D eigenvalue weighted by Gasteiger charge is 2.10. The summed E-state index contributed by atoms with van der Waals surface area (Å²) >= 11 is 0. The Bertz CT molecular complexity index is 889. The fourth-order valence-corrected chi connectivity index (χ4v) is 2.34. The molecular formula is C17H14N4O. The van der Waals surface area contributed by atoms with Crippen molar-refractivity contribution in [2.24, 2.45) is 7.05 Å². The summed E-state index contributed by atoms with van der Waals surface area (Å²) in [5.41, 5.74) is 2.87. The first-order chi connectivity index (χ1) is 10.7. The zero-order valence-electron chi connectivity index (χ0n) is 12.1. The lowest BCUT2D eigenvalue weighted by Crippen LogP contribution is -2.24. The van der Waals surface area contributed by atoms with Crippen molar-refractivity contribution in [2.45, 2.75) is 6.54 Å². The maximum absolute atomic E-state index is 12.2. The topological polar surface area (TPSA) is 70.7 Å². The van der Waals surface area contributed by atoms with E-state index in [0.717, 1.165) is 16.9 Å². The summed E-state index contributed by atoms with van der Waals surface area (Å²) < 4.78 is 1.96. The molecule has 1 aromatic heterocycles. The lowest BCUT2D eigenvalue weighted by molar-refractivity contribution is 0.0949. The van der Waals surface area contributed by atoms with Gasteiger partial charge >= 0.3 is 0 Å². The second-order valence-electron chi connectivity index (χ2n) is 4.95. The van der Waals surface area contributed by atoms with Gasteiger partial charge in [-0.25, -0.2) is 4.98 Å². The van der Waals surface area contributed by atoms with Crippen molar-refractivity contribution >= 4 is 16.9 Å². The first-order valence-electron chi connectivity index (χ1n) is 6.88. The predicted molar refractivity (Wildman–Crippen MR) is 83.0 cm³/mol. The molecule has 0 radical (unpaired) electrons. The number of imidazole rings is 1. The normalized spacial score (nSPS) is 10.4. The number of hydrogen-bond acceptors (Lipinski definition) is 3. The molecule has 1 heterocycles. The largest absolute Gasteiger partial charge is 0.345 e. The highest BCUT2D eigenvalue weighted by molar-refractivity contribution is 5.94. The van der Waals surface area contributed by atoms with Crippen LogP contribution in [0, 0.1) is 11.3 Å². The van der Waals surface area contributed by atoms with E-state index in [1.807, 2.05) is 41.9 Å². The third-order valence-electron chi connectivity index (χ3n) is 3.54. The number of para-hydroxylation sites is 2. The molecule has 0 saturated heterocycles. The minimum absolute atomic E-state index is 0.218. The Morgan fingerprint density at radius 2 is 2.09 bits per heavy atom. The number of aromatic nitrogens is 2. The molecule has 2 aromatic carbocycles. The molecule has 0 aliphatic rings. The van der Waals surface area contributed by atoms with Crippen LogP contribution in [0.25, 0.3) is 11.0 Å². The molecule has 1 amide bonds. The van der Waals surface area contributed by atoms with Gasteiger partial charge in [0.15, 0.2) is 0 Å². The van der Waals surface area contributed by atoms with E-state index in [-0.39, 0.29) is 5.91 Å². The first-order valence-corrected chi connectivity index (χ1v) is 6.88. The molecule has 0 atom stereocenters. The molecule has 3 rings (SSSR count). The molecule has 5 heteroatoms. The fraction of sp³-hybridized carbons (Fsp3) is 0.118. The summed E-state index contributed by atoms with van der Waals surface area (Å²) in [5.74, 6) is 0.565. The molecule has 1 N–H and O–H groups in total. The van der Waals surface area contributed by atoms with E-state index in [4.69, 9.17) is 5.26 Å². The standard InChI is InChI=1S/C17H14N4O/c1-21-15-8-3-2-7-14(15)20-16(21)11-19-17(22)13-6-4-5-12(9-13)10-18/h2-9H,11H2,1H3,(H,19,22). The van der Waals surface area contributed by atoms with Gasteiger partial charge in [-0.1, -0.05) is 18.2 Å². The van der Waals surface area contributed by atoms with Crippen LogP contribution in [0.5, 0.6) is 0 Å². The number of carbonyl (C=O) groups excluding carboxylic acids is 1. The van der Waals surface area contributed by atoms with Gasteiger partial charge in [-0.15, -0.1) is 0 Å². The van der Waals surface area contributed by atoms with Crippen LogP contribution in [-0.4, -0.2) is 15.5 Å². The lowest BCUT2D eigenvalue weighted by Gasteiger charge is -2.06. The van der Waals surface area contributed by atoms with Crippen LogP contribution in [0.3, 0.4) is 0 Å². The Hall–Kier alpha value is -3.13. The molecule has 3 aromatic rings. The van der Waals surface area contributed by atoms with Crippen LogP contribution in [-0.2, 0) is 13.6 Å². The SMILES string of the molecule is Cn1c(CNC(=O)c2cccc(C#N)c2)nc2ccccc21. The van der Waals surface area contributed by atoms with Crippen molar-refractivity contribution in [2.75, 3.05) is 0 Å². The molecule has 5 nitrogen and oxygen atoms in total. The van der Waals surface area contributed by atoms with E-state index in [2.05, 4.69) is 10.3 Å². The van der Waals surface area contributed by atoms with Crippen LogP contribution >= 0.6 is 0 Å². The molecule has 0 unspecified atom stereocenters.